The van der Waals surface area contributed by atoms with Crippen molar-refractivity contribution in [1.29, 1.82) is 0 Å². The minimum Gasteiger partial charge on any atom is -0.459 e. The molecule has 7 rings (SSSR count). The number of hydrogen-bond donors (Lipinski definition) is 1. The van der Waals surface area contributed by atoms with Crippen molar-refractivity contribution >= 4 is 67.2 Å². The molecule has 57 heavy (non-hydrogen) atoms. The van der Waals surface area contributed by atoms with E-state index in [1.807, 2.05) is 25.7 Å². The van der Waals surface area contributed by atoms with Crippen molar-refractivity contribution in [2.24, 2.45) is 0 Å². The number of carbonyl (C=O) groups is 2. The highest BCUT2D eigenvalue weighted by Crippen LogP contribution is 2.45. The fourth-order valence-corrected chi connectivity index (χ4v) is 8.82. The van der Waals surface area contributed by atoms with Crippen molar-refractivity contribution in [3.05, 3.63) is 34.9 Å². The van der Waals surface area contributed by atoms with E-state index in [0.29, 0.717) is 30.8 Å². The van der Waals surface area contributed by atoms with E-state index >= 15 is 8.78 Å². The first kappa shape index (κ1) is 41.0. The van der Waals surface area contributed by atoms with Gasteiger partial charge in [-0.05, 0) is 79.5 Å². The standard InChI is InChI=1S/C39H46ClF4N7O5S/c1-20(17-49-14-12-39(43,44)13-15-49)54-33-45-29-24(32(47-33)51-21-8-9-22(51)19-50(18-21)36(53)56-38(5,6)7)16-25(40)27(28(29)42)23-10-11-26(41)31-30(23)46-34(57-31)48-35(52)55-37(2,3)4/h10-11,16,20-22H,8-9,12-15,17-19H2,1-7H3,(H,46,48,52)/t20-,21?,22?/m0/s1. The molecule has 0 radical (unpaired) electrons. The molecule has 3 saturated heterocycles. The van der Waals surface area contributed by atoms with Gasteiger partial charge in [0.15, 0.2) is 10.9 Å². The topological polar surface area (TPSA) is 122 Å². The lowest BCUT2D eigenvalue weighted by atomic mass is 10.0. The van der Waals surface area contributed by atoms with E-state index in [0.717, 1.165) is 24.2 Å². The molecule has 3 atom stereocenters. The molecule has 3 fully saturated rings. The van der Waals surface area contributed by atoms with Crippen LogP contribution in [0.15, 0.2) is 18.2 Å². The van der Waals surface area contributed by atoms with Crippen LogP contribution in [0.3, 0.4) is 0 Å². The van der Waals surface area contributed by atoms with Gasteiger partial charge in [-0.15, -0.1) is 0 Å². The Morgan fingerprint density at radius 1 is 0.982 bits per heavy atom. The number of ether oxygens (including phenoxy) is 3. The highest BCUT2D eigenvalue weighted by molar-refractivity contribution is 7.22. The molecule has 0 aliphatic carbocycles. The second-order valence-corrected chi connectivity index (χ2v) is 18.4. The van der Waals surface area contributed by atoms with Crippen LogP contribution >= 0.6 is 22.9 Å². The predicted octanol–water partition coefficient (Wildman–Crippen LogP) is 9.27. The number of thiazole rings is 1. The largest absolute Gasteiger partial charge is 0.459 e. The third-order valence-electron chi connectivity index (χ3n) is 10.0. The average Bonchev–Trinajstić information content (AvgIpc) is 3.62. The van der Waals surface area contributed by atoms with Gasteiger partial charge in [-0.25, -0.2) is 32.1 Å². The van der Waals surface area contributed by atoms with Gasteiger partial charge in [0.2, 0.25) is 0 Å². The lowest BCUT2D eigenvalue weighted by molar-refractivity contribution is -0.0595. The number of rotatable bonds is 7. The van der Waals surface area contributed by atoms with Crippen LogP contribution < -0.4 is 15.0 Å². The number of carbonyl (C=O) groups excluding carboxylic acids is 2. The van der Waals surface area contributed by atoms with Gasteiger partial charge in [0.25, 0.3) is 5.92 Å². The molecular formula is C39H46ClF4N7O5S. The van der Waals surface area contributed by atoms with Crippen molar-refractivity contribution in [2.45, 2.75) is 109 Å². The second-order valence-electron chi connectivity index (χ2n) is 17.0. The van der Waals surface area contributed by atoms with E-state index in [-0.39, 0.29) is 81.0 Å². The van der Waals surface area contributed by atoms with E-state index < -0.39 is 47.0 Å². The number of halogens is 5. The van der Waals surface area contributed by atoms with Crippen molar-refractivity contribution in [3.8, 4) is 17.1 Å². The Balaban J connectivity index is 1.29. The van der Waals surface area contributed by atoms with Crippen LogP contribution in [0.4, 0.5) is 38.1 Å². The van der Waals surface area contributed by atoms with Gasteiger partial charge in [0, 0.05) is 74.2 Å². The first-order valence-electron chi connectivity index (χ1n) is 19.0. The quantitative estimate of drug-likeness (QED) is 0.180. The molecule has 2 bridgehead atoms. The average molecular weight is 836 g/mol. The molecule has 5 heterocycles. The van der Waals surface area contributed by atoms with Crippen molar-refractivity contribution in [3.63, 3.8) is 0 Å². The Bertz CT molecular complexity index is 2190. The summed E-state index contributed by atoms with van der Waals surface area (Å²) in [5, 5.41) is 2.85. The lowest BCUT2D eigenvalue weighted by Gasteiger charge is -2.42. The maximum Gasteiger partial charge on any atom is 0.413 e. The molecule has 18 heteroatoms. The Kier molecular flexibility index (Phi) is 10.9. The molecule has 2 unspecified atom stereocenters. The van der Waals surface area contributed by atoms with Gasteiger partial charge >= 0.3 is 18.2 Å². The third-order valence-corrected chi connectivity index (χ3v) is 11.3. The third kappa shape index (κ3) is 8.94. The number of amides is 2. The van der Waals surface area contributed by atoms with Crippen molar-refractivity contribution in [1.82, 2.24) is 24.8 Å². The molecule has 12 nitrogen and oxygen atoms in total. The number of nitrogens with one attached hydrogen (secondary N) is 1. The summed E-state index contributed by atoms with van der Waals surface area (Å²) in [6, 6.07) is 3.58. The van der Waals surface area contributed by atoms with Crippen LogP contribution in [0.2, 0.25) is 5.02 Å². The number of fused-ring (bicyclic) bond motifs is 4. The number of benzene rings is 2. The van der Waals surface area contributed by atoms with Gasteiger partial charge in [0.05, 0.1) is 15.2 Å². The molecule has 2 amide bonds. The number of hydrogen-bond acceptors (Lipinski definition) is 11. The number of piperidine rings is 1. The molecule has 0 saturated carbocycles. The van der Waals surface area contributed by atoms with Crippen molar-refractivity contribution < 1.29 is 41.4 Å². The monoisotopic (exact) mass is 835 g/mol. The zero-order valence-electron chi connectivity index (χ0n) is 32.9. The number of nitrogens with zero attached hydrogens (tertiary/aromatic N) is 6. The first-order chi connectivity index (χ1) is 26.6. The minimum atomic E-state index is -2.70. The molecular weight excluding hydrogens is 790 g/mol. The Labute approximate surface area is 336 Å². The second kappa shape index (κ2) is 15.2. The maximum atomic E-state index is 17.3. The van der Waals surface area contributed by atoms with Gasteiger partial charge in [0.1, 0.15) is 34.5 Å². The number of likely N-dealkylation sites (tertiary alicyclic amines) is 2. The van der Waals surface area contributed by atoms with Gasteiger partial charge in [-0.1, -0.05) is 22.9 Å². The summed E-state index contributed by atoms with van der Waals surface area (Å²) >= 11 is 7.80. The molecule has 2 aromatic carbocycles. The van der Waals surface area contributed by atoms with Gasteiger partial charge < -0.3 is 24.0 Å². The van der Waals surface area contributed by atoms with Crippen LogP contribution in [0.1, 0.15) is 74.1 Å². The minimum absolute atomic E-state index is 0.0175. The lowest BCUT2D eigenvalue weighted by Crippen LogP contribution is -2.56. The van der Waals surface area contributed by atoms with Crippen LogP contribution in [0.25, 0.3) is 32.2 Å². The van der Waals surface area contributed by atoms with E-state index in [4.69, 9.17) is 30.8 Å². The van der Waals surface area contributed by atoms with E-state index in [1.165, 1.54) is 12.1 Å². The van der Waals surface area contributed by atoms with Crippen LogP contribution in [0, 0.1) is 11.6 Å². The van der Waals surface area contributed by atoms with Gasteiger partial charge in [-0.3, -0.25) is 10.2 Å². The van der Waals surface area contributed by atoms with E-state index in [2.05, 4.69) is 20.2 Å². The number of alkyl halides is 2. The summed E-state index contributed by atoms with van der Waals surface area (Å²) in [4.78, 5) is 45.1. The first-order valence-corrected chi connectivity index (χ1v) is 20.2. The van der Waals surface area contributed by atoms with Crippen LogP contribution in [-0.2, 0) is 9.47 Å². The van der Waals surface area contributed by atoms with Crippen LogP contribution in [-0.4, -0.2) is 105 Å². The zero-order chi connectivity index (χ0) is 41.2. The molecule has 3 aliphatic rings. The number of piperazine rings is 1. The SMILES string of the molecule is C[C@@H](CN1CCC(F)(F)CC1)Oc1nc(N2C3CCC2CN(C(=O)OC(C)(C)C)C3)c2cc(Cl)c(-c3ccc(F)c4sc(NC(=O)OC(C)(C)C)nc34)c(F)c2n1. The highest BCUT2D eigenvalue weighted by Gasteiger charge is 2.44. The highest BCUT2D eigenvalue weighted by atomic mass is 35.5. The zero-order valence-corrected chi connectivity index (χ0v) is 34.4. The smallest absolute Gasteiger partial charge is 0.413 e. The molecule has 1 N–H and O–H groups in total. The summed E-state index contributed by atoms with van der Waals surface area (Å²) < 4.78 is 77.5. The summed E-state index contributed by atoms with van der Waals surface area (Å²) in [5.74, 6) is -3.80. The molecule has 0 spiro atoms. The number of aromatic nitrogens is 3. The van der Waals surface area contributed by atoms with E-state index in [1.54, 1.807) is 38.7 Å². The molecule has 2 aromatic heterocycles. The molecule has 4 aromatic rings. The summed E-state index contributed by atoms with van der Waals surface area (Å²) in [6.45, 7) is 13.7. The molecule has 308 valence electrons. The maximum absolute atomic E-state index is 17.3. The van der Waals surface area contributed by atoms with Gasteiger partial charge in [-0.2, -0.15) is 9.97 Å². The van der Waals surface area contributed by atoms with Crippen molar-refractivity contribution in [2.75, 3.05) is 42.9 Å². The van der Waals surface area contributed by atoms with Crippen LogP contribution in [0.5, 0.6) is 6.01 Å². The normalized spacial score (nSPS) is 20.6. The summed E-state index contributed by atoms with van der Waals surface area (Å²) in [7, 11) is 0. The predicted molar refractivity (Wildman–Crippen MR) is 211 cm³/mol. The fraction of sp³-hybridized carbons (Fsp3) is 0.564. The fourth-order valence-electron chi connectivity index (χ4n) is 7.65. The summed E-state index contributed by atoms with van der Waals surface area (Å²) in [6.07, 6.45) is -0.811. The number of anilines is 2. The Hall–Kier alpha value is -4.22. The van der Waals surface area contributed by atoms with E-state index in [9.17, 15) is 18.4 Å². The Morgan fingerprint density at radius 2 is 1.63 bits per heavy atom. The Morgan fingerprint density at radius 3 is 2.26 bits per heavy atom. The summed E-state index contributed by atoms with van der Waals surface area (Å²) in [5.41, 5.74) is -1.46. The molecule has 3 aliphatic heterocycles.